The summed E-state index contributed by atoms with van der Waals surface area (Å²) in [6, 6.07) is 11.4. The molecule has 2 aromatic carbocycles. The van der Waals surface area contributed by atoms with Crippen LogP contribution in [0.25, 0.3) is 11.3 Å². The molecule has 3 N–H and O–H groups in total. The Kier molecular flexibility index (Phi) is 7.18. The van der Waals surface area contributed by atoms with Gasteiger partial charge >= 0.3 is 5.92 Å². The maximum atomic E-state index is 13.6. The minimum Gasteiger partial charge on any atom is -0.392 e. The molecule has 1 aliphatic carbocycles. The van der Waals surface area contributed by atoms with Crippen molar-refractivity contribution in [2.24, 2.45) is 0 Å². The lowest BCUT2D eigenvalue weighted by Gasteiger charge is -2.29. The van der Waals surface area contributed by atoms with Crippen molar-refractivity contribution >= 4 is 23.4 Å². The molecule has 0 fully saturated rings. The molecule has 0 atom stereocenters. The van der Waals surface area contributed by atoms with E-state index in [4.69, 9.17) is 5.73 Å². The Hall–Kier alpha value is -4.84. The number of nitrogens with two attached hydrogens (primary N) is 1. The van der Waals surface area contributed by atoms with E-state index in [0.717, 1.165) is 11.1 Å². The predicted molar refractivity (Wildman–Crippen MR) is 142 cm³/mol. The number of aromatic nitrogens is 3. The number of anilines is 1. The van der Waals surface area contributed by atoms with Crippen molar-refractivity contribution in [1.82, 2.24) is 19.4 Å². The van der Waals surface area contributed by atoms with Gasteiger partial charge in [0, 0.05) is 48.7 Å². The molecular weight excluding hydrogens is 539 g/mol. The summed E-state index contributed by atoms with van der Waals surface area (Å²) in [5.41, 5.74) is 9.47. The molecule has 1 amide bonds. The fourth-order valence-electron chi connectivity index (χ4n) is 4.82. The van der Waals surface area contributed by atoms with Gasteiger partial charge in [-0.05, 0) is 41.8 Å². The van der Waals surface area contributed by atoms with Gasteiger partial charge in [0.05, 0.1) is 12.3 Å². The van der Waals surface area contributed by atoms with Crippen LogP contribution in [-0.2, 0) is 19.7 Å². The van der Waals surface area contributed by atoms with Crippen molar-refractivity contribution in [3.8, 4) is 11.3 Å². The molecule has 0 unspecified atom stereocenters. The van der Waals surface area contributed by atoms with Gasteiger partial charge in [-0.15, -0.1) is 0 Å². The molecule has 2 aromatic heterocycles. The molecule has 41 heavy (non-hydrogen) atoms. The predicted octanol–water partition coefficient (Wildman–Crippen LogP) is 3.82. The topological polar surface area (TPSA) is 131 Å². The number of hydrogen-bond donors (Lipinski definition) is 2. The summed E-state index contributed by atoms with van der Waals surface area (Å²) < 4.78 is 41.2. The number of nitrogens with zero attached hydrogens (tertiary/aromatic N) is 4. The molecule has 2 aliphatic rings. The molecule has 0 spiro atoms. The first-order valence-electron chi connectivity index (χ1n) is 12.5. The number of aliphatic hydroxyl groups excluding tert-OH is 1. The summed E-state index contributed by atoms with van der Waals surface area (Å²) in [4.78, 5) is 44.8. The number of aliphatic hydroxyl groups is 1. The lowest BCUT2D eigenvalue weighted by atomic mass is 10.1. The number of amides is 1. The van der Waals surface area contributed by atoms with Crippen LogP contribution in [0.1, 0.15) is 47.9 Å². The van der Waals surface area contributed by atoms with Gasteiger partial charge in [0.25, 0.3) is 5.91 Å². The van der Waals surface area contributed by atoms with Crippen molar-refractivity contribution in [3.05, 3.63) is 100 Å². The molecular formula is C29H24F3N5O4. The fourth-order valence-corrected chi connectivity index (χ4v) is 4.82. The van der Waals surface area contributed by atoms with Gasteiger partial charge in [-0.25, -0.2) is 14.4 Å². The molecule has 12 heteroatoms. The number of hydrogen-bond acceptors (Lipinski definition) is 7. The van der Waals surface area contributed by atoms with Gasteiger partial charge in [0.15, 0.2) is 0 Å². The molecule has 0 saturated carbocycles. The highest BCUT2D eigenvalue weighted by molar-refractivity contribution is 6.30. The van der Waals surface area contributed by atoms with Gasteiger partial charge in [0.2, 0.25) is 17.5 Å². The number of fused-ring (bicyclic) bond motifs is 2. The minimum absolute atomic E-state index is 0.148. The zero-order chi connectivity index (χ0) is 29.5. The molecule has 4 aromatic rings. The Balaban J connectivity index is 0.000000216. The second-order valence-corrected chi connectivity index (χ2v) is 9.64. The van der Waals surface area contributed by atoms with Gasteiger partial charge < -0.3 is 20.3 Å². The van der Waals surface area contributed by atoms with Crippen LogP contribution in [0.2, 0.25) is 0 Å². The third kappa shape index (κ3) is 5.09. The second-order valence-electron chi connectivity index (χ2n) is 9.64. The number of halogens is 3. The van der Waals surface area contributed by atoms with Gasteiger partial charge in [-0.1, -0.05) is 30.3 Å². The largest absolute Gasteiger partial charge is 0.392 e. The van der Waals surface area contributed by atoms with Gasteiger partial charge in [-0.3, -0.25) is 14.4 Å². The van der Waals surface area contributed by atoms with Crippen LogP contribution in [0.4, 0.5) is 19.1 Å². The van der Waals surface area contributed by atoms with Crippen LogP contribution in [0, 0.1) is 12.7 Å². The van der Waals surface area contributed by atoms with Crippen LogP contribution in [0.15, 0.2) is 60.9 Å². The number of Topliss-reactive ketones (excluding diaryl/α,β-unsaturated/α-hetero) is 2. The Morgan fingerprint density at radius 1 is 1.00 bits per heavy atom. The third-order valence-corrected chi connectivity index (χ3v) is 6.96. The summed E-state index contributed by atoms with van der Waals surface area (Å²) in [6.45, 7) is 3.04. The van der Waals surface area contributed by atoms with E-state index in [9.17, 15) is 32.7 Å². The lowest BCUT2D eigenvalue weighted by molar-refractivity contribution is 0.0189. The van der Waals surface area contributed by atoms with Gasteiger partial charge in [-0.2, -0.15) is 8.78 Å². The van der Waals surface area contributed by atoms with E-state index < -0.39 is 17.5 Å². The van der Waals surface area contributed by atoms with Crippen LogP contribution in [-0.4, -0.2) is 54.5 Å². The Morgan fingerprint density at radius 2 is 1.68 bits per heavy atom. The number of carbonyl (C=O) groups is 3. The summed E-state index contributed by atoms with van der Waals surface area (Å²) >= 11 is 0. The first-order valence-corrected chi connectivity index (χ1v) is 12.5. The average molecular weight is 564 g/mol. The lowest BCUT2D eigenvalue weighted by Crippen LogP contribution is -2.39. The Labute approximate surface area is 232 Å². The maximum absolute atomic E-state index is 13.6. The fraction of sp³-hybridized carbons (Fsp3) is 0.207. The average Bonchev–Trinajstić information content (AvgIpc) is 3.47. The maximum Gasteiger partial charge on any atom is 0.371 e. The van der Waals surface area contributed by atoms with Crippen molar-refractivity contribution in [3.63, 3.8) is 0 Å². The van der Waals surface area contributed by atoms with Crippen LogP contribution < -0.4 is 5.73 Å². The highest BCUT2D eigenvalue weighted by atomic mass is 19.3. The van der Waals surface area contributed by atoms with E-state index in [2.05, 4.69) is 9.97 Å². The summed E-state index contributed by atoms with van der Waals surface area (Å²) in [5, 5.41) is 9.49. The molecule has 210 valence electrons. The number of rotatable bonds is 4. The normalized spacial score (nSPS) is 15.3. The smallest absolute Gasteiger partial charge is 0.371 e. The second kappa shape index (κ2) is 10.6. The van der Waals surface area contributed by atoms with E-state index in [1.165, 1.54) is 36.4 Å². The van der Waals surface area contributed by atoms with Crippen molar-refractivity contribution in [2.45, 2.75) is 32.5 Å². The van der Waals surface area contributed by atoms with Crippen molar-refractivity contribution in [2.75, 3.05) is 12.3 Å². The van der Waals surface area contributed by atoms with Crippen LogP contribution >= 0.6 is 0 Å². The number of ketones is 2. The number of aryl methyl sites for hydroxylation is 1. The summed E-state index contributed by atoms with van der Waals surface area (Å²) in [7, 11) is 0. The minimum atomic E-state index is -3.86. The zero-order valence-corrected chi connectivity index (χ0v) is 21.8. The quantitative estimate of drug-likeness (QED) is 0.361. The highest BCUT2D eigenvalue weighted by Gasteiger charge is 2.54. The van der Waals surface area contributed by atoms with Crippen LogP contribution in [0.3, 0.4) is 0 Å². The molecule has 6 rings (SSSR count). The molecule has 0 radical (unpaired) electrons. The van der Waals surface area contributed by atoms with Crippen molar-refractivity contribution in [1.29, 1.82) is 0 Å². The Morgan fingerprint density at radius 3 is 2.34 bits per heavy atom. The summed E-state index contributed by atoms with van der Waals surface area (Å²) in [5.74, 6) is -7.00. The summed E-state index contributed by atoms with van der Waals surface area (Å²) in [6.07, 6.45) is 3.55. The van der Waals surface area contributed by atoms with Gasteiger partial charge in [0.1, 0.15) is 11.5 Å². The first kappa shape index (κ1) is 27.7. The van der Waals surface area contributed by atoms with E-state index in [1.54, 1.807) is 23.2 Å². The van der Waals surface area contributed by atoms with E-state index in [1.807, 2.05) is 17.7 Å². The SMILES string of the molecule is Cc1cnc(N)nc1-c1cc2n(c1)CCN(Cc1cc(F)ccc1CO)C2=O.O=C1c2ccccc2C(=O)C1(F)F. The van der Waals surface area contributed by atoms with Crippen LogP contribution in [0.5, 0.6) is 0 Å². The number of alkyl halides is 2. The first-order chi connectivity index (χ1) is 19.5. The molecule has 0 saturated heterocycles. The highest BCUT2D eigenvalue weighted by Crippen LogP contribution is 2.34. The van der Waals surface area contributed by atoms with Crippen molar-refractivity contribution < 1.29 is 32.7 Å². The van der Waals surface area contributed by atoms with E-state index in [-0.39, 0.29) is 42.0 Å². The molecule has 1 aliphatic heterocycles. The van der Waals surface area contributed by atoms with E-state index >= 15 is 0 Å². The number of nitrogen functional groups attached to an aromatic ring is 1. The molecule has 0 bridgehead atoms. The number of carbonyl (C=O) groups excluding carboxylic acids is 3. The molecule has 3 heterocycles. The Bertz CT molecular complexity index is 1660. The molecule has 9 nitrogen and oxygen atoms in total. The third-order valence-electron chi connectivity index (χ3n) is 6.96. The van der Waals surface area contributed by atoms with E-state index in [0.29, 0.717) is 35.6 Å². The zero-order valence-electron chi connectivity index (χ0n) is 21.8. The standard InChI is InChI=1S/C20H20FN5O2.C9H4F2O2/c1-12-8-23-20(22)24-18(12)15-7-17-19(28)26(5-4-25(17)10-15)9-14-6-16(21)3-2-13(14)11-27;10-9(11)7(12)5-3-1-2-4-6(5)8(9)13/h2-3,6-8,10,27H,4-5,9,11H2,1H3,(H2,22,23,24);1-4H. The monoisotopic (exact) mass is 563 g/mol. The number of benzene rings is 2.